The Balaban J connectivity index is 2.12. The van der Waals surface area contributed by atoms with Gasteiger partial charge in [-0.2, -0.15) is 0 Å². The topological polar surface area (TPSA) is 69.1 Å². The van der Waals surface area contributed by atoms with Gasteiger partial charge in [0, 0.05) is 23.7 Å². The van der Waals surface area contributed by atoms with E-state index in [1.54, 1.807) is 12.4 Å². The average Bonchev–Trinajstić information content (AvgIpc) is 2.82. The molecule has 1 aromatic heterocycles. The summed E-state index contributed by atoms with van der Waals surface area (Å²) < 4.78 is 0. The van der Waals surface area contributed by atoms with E-state index >= 15 is 0 Å². The quantitative estimate of drug-likeness (QED) is 0.681. The van der Waals surface area contributed by atoms with E-state index in [0.717, 1.165) is 29.7 Å². The van der Waals surface area contributed by atoms with Crippen molar-refractivity contribution in [3.63, 3.8) is 0 Å². The monoisotopic (exact) mass is 216 g/mol. The molecule has 0 fully saturated rings. The van der Waals surface area contributed by atoms with Crippen molar-refractivity contribution in [3.8, 4) is 11.5 Å². The minimum Gasteiger partial charge on any atom is -0.508 e. The molecule has 0 saturated carbocycles. The lowest BCUT2D eigenvalue weighted by molar-refractivity contribution is 0.445. The lowest BCUT2D eigenvalue weighted by Gasteiger charge is -2.10. The first-order chi connectivity index (χ1) is 7.75. The molecule has 2 aromatic rings. The van der Waals surface area contributed by atoms with E-state index in [0.29, 0.717) is 0 Å². The Morgan fingerprint density at radius 3 is 2.94 bits per heavy atom. The maximum absolute atomic E-state index is 9.88. The molecule has 1 aliphatic rings. The number of benzene rings is 1. The van der Waals surface area contributed by atoms with Gasteiger partial charge < -0.3 is 15.2 Å². The normalized spacial score (nSPS) is 18.6. The fourth-order valence-electron chi connectivity index (χ4n) is 2.49. The highest BCUT2D eigenvalue weighted by Crippen LogP contribution is 2.43. The predicted octanol–water partition coefficient (Wildman–Crippen LogP) is 1.90. The Labute approximate surface area is 92.6 Å². The number of phenolic OH excluding ortho intramolecular Hbond substituents is 2. The fraction of sp³-hybridized carbons (Fsp3) is 0.250. The fourth-order valence-corrected chi connectivity index (χ4v) is 2.49. The Morgan fingerprint density at radius 1 is 1.31 bits per heavy atom. The number of fused-ring (bicyclic) bond motifs is 1. The van der Waals surface area contributed by atoms with Crippen LogP contribution in [0.2, 0.25) is 0 Å². The molecule has 1 atom stereocenters. The SMILES string of the molecule is Oc1cc(O)c2c(c1)CCC2c1c[nH]cn1. The second kappa shape index (κ2) is 3.27. The smallest absolute Gasteiger partial charge is 0.123 e. The third-order valence-electron chi connectivity index (χ3n) is 3.16. The molecule has 82 valence electrons. The molecule has 3 rings (SSSR count). The number of aryl methyl sites for hydroxylation is 1. The average molecular weight is 216 g/mol. The molecule has 1 heterocycles. The largest absolute Gasteiger partial charge is 0.508 e. The van der Waals surface area contributed by atoms with Crippen LogP contribution in [0.1, 0.15) is 29.2 Å². The van der Waals surface area contributed by atoms with Crippen molar-refractivity contribution < 1.29 is 10.2 Å². The molecule has 0 saturated heterocycles. The van der Waals surface area contributed by atoms with Crippen LogP contribution in [0.4, 0.5) is 0 Å². The molecule has 4 nitrogen and oxygen atoms in total. The molecule has 0 spiro atoms. The lowest BCUT2D eigenvalue weighted by atomic mass is 9.97. The van der Waals surface area contributed by atoms with E-state index in [-0.39, 0.29) is 17.4 Å². The van der Waals surface area contributed by atoms with Crippen LogP contribution in [0, 0.1) is 0 Å². The van der Waals surface area contributed by atoms with Crippen molar-refractivity contribution in [1.29, 1.82) is 0 Å². The highest BCUT2D eigenvalue weighted by Gasteiger charge is 2.28. The highest BCUT2D eigenvalue weighted by atomic mass is 16.3. The van der Waals surface area contributed by atoms with E-state index in [4.69, 9.17) is 0 Å². The van der Waals surface area contributed by atoms with Crippen molar-refractivity contribution in [2.24, 2.45) is 0 Å². The van der Waals surface area contributed by atoms with E-state index in [1.165, 1.54) is 6.07 Å². The number of aromatic amines is 1. The van der Waals surface area contributed by atoms with Gasteiger partial charge in [0.25, 0.3) is 0 Å². The zero-order chi connectivity index (χ0) is 11.1. The zero-order valence-electron chi connectivity index (χ0n) is 8.64. The van der Waals surface area contributed by atoms with Gasteiger partial charge in [-0.05, 0) is 24.5 Å². The maximum atomic E-state index is 9.88. The second-order valence-electron chi connectivity index (χ2n) is 4.12. The summed E-state index contributed by atoms with van der Waals surface area (Å²) in [6.45, 7) is 0. The molecular formula is C12H12N2O2. The minimum absolute atomic E-state index is 0.124. The summed E-state index contributed by atoms with van der Waals surface area (Å²) in [5.41, 5.74) is 2.87. The van der Waals surface area contributed by atoms with Gasteiger partial charge >= 0.3 is 0 Å². The molecule has 1 aliphatic carbocycles. The summed E-state index contributed by atoms with van der Waals surface area (Å²) >= 11 is 0. The molecular weight excluding hydrogens is 204 g/mol. The van der Waals surface area contributed by atoms with Crippen molar-refractivity contribution >= 4 is 0 Å². The summed E-state index contributed by atoms with van der Waals surface area (Å²) in [7, 11) is 0. The Bertz CT molecular complexity index is 520. The van der Waals surface area contributed by atoms with Gasteiger partial charge in [-0.15, -0.1) is 0 Å². The highest BCUT2D eigenvalue weighted by molar-refractivity contribution is 5.52. The van der Waals surface area contributed by atoms with Crippen LogP contribution in [-0.2, 0) is 6.42 Å². The van der Waals surface area contributed by atoms with Gasteiger partial charge in [0.1, 0.15) is 11.5 Å². The Morgan fingerprint density at radius 2 is 2.19 bits per heavy atom. The van der Waals surface area contributed by atoms with Gasteiger partial charge in [0.05, 0.1) is 12.0 Å². The summed E-state index contributed by atoms with van der Waals surface area (Å²) in [5.74, 6) is 0.432. The molecule has 1 aromatic carbocycles. The summed E-state index contributed by atoms with van der Waals surface area (Å²) in [5, 5.41) is 19.3. The van der Waals surface area contributed by atoms with Crippen LogP contribution < -0.4 is 0 Å². The minimum atomic E-state index is 0.124. The van der Waals surface area contributed by atoms with Crippen LogP contribution in [0.15, 0.2) is 24.7 Å². The van der Waals surface area contributed by atoms with Crippen molar-refractivity contribution in [1.82, 2.24) is 9.97 Å². The first-order valence-electron chi connectivity index (χ1n) is 5.29. The predicted molar refractivity (Wildman–Crippen MR) is 58.5 cm³/mol. The summed E-state index contributed by atoms with van der Waals surface area (Å²) in [4.78, 5) is 7.16. The number of nitrogens with one attached hydrogen (secondary N) is 1. The van der Waals surface area contributed by atoms with Gasteiger partial charge in [-0.3, -0.25) is 0 Å². The second-order valence-corrected chi connectivity index (χ2v) is 4.12. The van der Waals surface area contributed by atoms with E-state index in [2.05, 4.69) is 9.97 Å². The van der Waals surface area contributed by atoms with Gasteiger partial charge in [-0.25, -0.2) is 4.98 Å². The molecule has 0 radical (unpaired) electrons. The van der Waals surface area contributed by atoms with Crippen molar-refractivity contribution in [2.75, 3.05) is 0 Å². The zero-order valence-corrected chi connectivity index (χ0v) is 8.64. The number of hydrogen-bond acceptors (Lipinski definition) is 3. The standard InChI is InChI=1S/C12H12N2O2/c15-8-3-7-1-2-9(10-5-13-6-14-10)12(7)11(16)4-8/h3-6,9,15-16H,1-2H2,(H,13,14). The lowest BCUT2D eigenvalue weighted by Crippen LogP contribution is -1.96. The molecule has 0 aliphatic heterocycles. The summed E-state index contributed by atoms with van der Waals surface area (Å²) in [6, 6.07) is 3.12. The molecule has 4 heteroatoms. The van der Waals surface area contributed by atoms with E-state index in [1.807, 2.05) is 6.20 Å². The summed E-state index contributed by atoms with van der Waals surface area (Å²) in [6.07, 6.45) is 5.29. The van der Waals surface area contributed by atoms with E-state index in [9.17, 15) is 10.2 Å². The number of hydrogen-bond donors (Lipinski definition) is 3. The van der Waals surface area contributed by atoms with Crippen LogP contribution >= 0.6 is 0 Å². The van der Waals surface area contributed by atoms with Gasteiger partial charge in [0.2, 0.25) is 0 Å². The van der Waals surface area contributed by atoms with Crippen LogP contribution in [-0.4, -0.2) is 20.2 Å². The first kappa shape index (κ1) is 9.27. The number of aromatic hydroxyl groups is 2. The third kappa shape index (κ3) is 1.26. The van der Waals surface area contributed by atoms with Gasteiger partial charge in [0.15, 0.2) is 0 Å². The Hall–Kier alpha value is -1.97. The van der Waals surface area contributed by atoms with Crippen molar-refractivity contribution in [3.05, 3.63) is 41.5 Å². The van der Waals surface area contributed by atoms with Crippen LogP contribution in [0.25, 0.3) is 0 Å². The number of imidazole rings is 1. The first-order valence-corrected chi connectivity index (χ1v) is 5.29. The number of aromatic nitrogens is 2. The molecule has 0 amide bonds. The molecule has 1 unspecified atom stereocenters. The third-order valence-corrected chi connectivity index (χ3v) is 3.16. The number of nitrogens with zero attached hydrogens (tertiary/aromatic N) is 1. The van der Waals surface area contributed by atoms with Crippen LogP contribution in [0.3, 0.4) is 0 Å². The number of H-pyrrole nitrogens is 1. The maximum Gasteiger partial charge on any atom is 0.123 e. The van der Waals surface area contributed by atoms with Crippen LogP contribution in [0.5, 0.6) is 11.5 Å². The van der Waals surface area contributed by atoms with E-state index < -0.39 is 0 Å². The number of rotatable bonds is 1. The van der Waals surface area contributed by atoms with Crippen molar-refractivity contribution in [2.45, 2.75) is 18.8 Å². The molecule has 3 N–H and O–H groups in total. The van der Waals surface area contributed by atoms with Gasteiger partial charge in [-0.1, -0.05) is 0 Å². The molecule has 16 heavy (non-hydrogen) atoms. The Kier molecular flexibility index (Phi) is 1.89. The molecule has 0 bridgehead atoms. The number of phenols is 2.